The summed E-state index contributed by atoms with van der Waals surface area (Å²) in [5.41, 5.74) is 13.8. The molecule has 126 valence electrons. The second-order valence-electron chi connectivity index (χ2n) is 5.90. The molecule has 5 N–H and O–H groups in total. The van der Waals surface area contributed by atoms with E-state index in [1.807, 2.05) is 13.8 Å². The Hall–Kier alpha value is -2.31. The van der Waals surface area contributed by atoms with Crippen molar-refractivity contribution in [3.05, 3.63) is 52.3 Å². The minimum Gasteiger partial charge on any atom is -0.489 e. The predicted molar refractivity (Wildman–Crippen MR) is 95.1 cm³/mol. The molecular formula is C17H18ClFN4O. The maximum Gasteiger partial charge on any atom is 0.163 e. The fourth-order valence-corrected chi connectivity index (χ4v) is 2.80. The molecule has 2 aromatic rings. The maximum atomic E-state index is 13.5. The summed E-state index contributed by atoms with van der Waals surface area (Å²) in [5, 5.41) is 3.03. The minimum atomic E-state index is -1.22. The smallest absolute Gasteiger partial charge is 0.163 e. The summed E-state index contributed by atoms with van der Waals surface area (Å²) < 4.78 is 19.2. The number of benzene rings is 2. The molecule has 5 nitrogen and oxygen atoms in total. The van der Waals surface area contributed by atoms with Crippen molar-refractivity contribution in [2.45, 2.75) is 25.6 Å². The molecule has 0 spiro atoms. The normalized spacial score (nSPS) is 19.1. The molecule has 0 saturated carbocycles. The van der Waals surface area contributed by atoms with Crippen LogP contribution >= 0.6 is 11.6 Å². The van der Waals surface area contributed by atoms with Gasteiger partial charge in [-0.3, -0.25) is 5.73 Å². The Kier molecular flexibility index (Phi) is 4.11. The molecule has 3 rings (SSSR count). The molecule has 0 aliphatic carbocycles. The van der Waals surface area contributed by atoms with E-state index >= 15 is 0 Å². The molecule has 0 fully saturated rings. The highest BCUT2D eigenvalue weighted by atomic mass is 35.5. The molecule has 0 radical (unpaired) electrons. The van der Waals surface area contributed by atoms with Crippen molar-refractivity contribution >= 4 is 29.3 Å². The van der Waals surface area contributed by atoms with Crippen molar-refractivity contribution in [3.8, 4) is 5.75 Å². The summed E-state index contributed by atoms with van der Waals surface area (Å²) in [4.78, 5) is 4.34. The summed E-state index contributed by atoms with van der Waals surface area (Å²) in [5.74, 6) is 0.0494. The van der Waals surface area contributed by atoms with Gasteiger partial charge in [0.05, 0.1) is 28.8 Å². The number of nitrogens with one attached hydrogen (secondary N) is 1. The Balaban J connectivity index is 2.12. The number of ether oxygens (including phenoxy) is 1. The first kappa shape index (κ1) is 16.5. The van der Waals surface area contributed by atoms with Crippen molar-refractivity contribution in [1.29, 1.82) is 0 Å². The van der Waals surface area contributed by atoms with Gasteiger partial charge >= 0.3 is 0 Å². The highest BCUT2D eigenvalue weighted by molar-refractivity contribution is 6.30. The third-order valence-electron chi connectivity index (χ3n) is 3.77. The Morgan fingerprint density at radius 3 is 2.71 bits per heavy atom. The number of aliphatic imine (C=N–C) groups is 1. The summed E-state index contributed by atoms with van der Waals surface area (Å²) in [6.07, 6.45) is 1.48. The largest absolute Gasteiger partial charge is 0.489 e. The molecule has 1 heterocycles. The molecule has 1 atom stereocenters. The lowest BCUT2D eigenvalue weighted by Crippen LogP contribution is -2.39. The summed E-state index contributed by atoms with van der Waals surface area (Å²) in [6.45, 7) is 3.84. The summed E-state index contributed by atoms with van der Waals surface area (Å²) >= 11 is 5.89. The van der Waals surface area contributed by atoms with Crippen LogP contribution in [0.5, 0.6) is 5.75 Å². The van der Waals surface area contributed by atoms with E-state index in [0.29, 0.717) is 22.6 Å². The highest BCUT2D eigenvalue weighted by Gasteiger charge is 2.34. The lowest BCUT2D eigenvalue weighted by atomic mass is 9.89. The van der Waals surface area contributed by atoms with E-state index in [1.54, 1.807) is 18.2 Å². The molecule has 0 aromatic heterocycles. The zero-order valence-electron chi connectivity index (χ0n) is 13.3. The van der Waals surface area contributed by atoms with Crippen molar-refractivity contribution < 1.29 is 9.13 Å². The van der Waals surface area contributed by atoms with Crippen LogP contribution < -0.4 is 21.5 Å². The van der Waals surface area contributed by atoms with Gasteiger partial charge in [-0.05, 0) is 32.0 Å². The summed E-state index contributed by atoms with van der Waals surface area (Å²) in [6, 6.07) is 7.79. The van der Waals surface area contributed by atoms with Crippen molar-refractivity contribution in [3.63, 3.8) is 0 Å². The van der Waals surface area contributed by atoms with E-state index in [4.69, 9.17) is 27.8 Å². The third-order valence-corrected chi connectivity index (χ3v) is 4.06. The average Bonchev–Trinajstić information content (AvgIpc) is 2.51. The number of hydrogen-bond donors (Lipinski definition) is 3. The number of hydrogen-bond acceptors (Lipinski definition) is 5. The van der Waals surface area contributed by atoms with E-state index in [-0.39, 0.29) is 11.1 Å². The predicted octanol–water partition coefficient (Wildman–Crippen LogP) is 3.46. The Morgan fingerprint density at radius 1 is 1.29 bits per heavy atom. The first-order valence-electron chi connectivity index (χ1n) is 7.46. The number of fused-ring (bicyclic) bond motifs is 1. The van der Waals surface area contributed by atoms with Gasteiger partial charge in [0.2, 0.25) is 0 Å². The SMILES string of the molecule is CC(C)Oc1cc2c(cc1N)C(N)(c1ccc(F)c(Cl)c1)N=CN2. The molecular weight excluding hydrogens is 331 g/mol. The van der Waals surface area contributed by atoms with Crippen LogP contribution in [0.1, 0.15) is 25.0 Å². The van der Waals surface area contributed by atoms with Gasteiger partial charge in [-0.2, -0.15) is 0 Å². The van der Waals surface area contributed by atoms with Crippen LogP contribution in [-0.4, -0.2) is 12.4 Å². The number of nitrogen functional groups attached to an aromatic ring is 1. The van der Waals surface area contributed by atoms with Crippen LogP contribution in [-0.2, 0) is 5.66 Å². The van der Waals surface area contributed by atoms with Gasteiger partial charge in [0.25, 0.3) is 0 Å². The second kappa shape index (κ2) is 5.96. The number of anilines is 2. The van der Waals surface area contributed by atoms with Gasteiger partial charge in [-0.25, -0.2) is 9.38 Å². The molecule has 1 aliphatic heterocycles. The van der Waals surface area contributed by atoms with Crippen LogP contribution in [0.4, 0.5) is 15.8 Å². The fraction of sp³-hybridized carbons (Fsp3) is 0.235. The number of rotatable bonds is 3. The van der Waals surface area contributed by atoms with Crippen LogP contribution in [0.3, 0.4) is 0 Å². The van der Waals surface area contributed by atoms with Gasteiger partial charge in [-0.15, -0.1) is 0 Å². The van der Waals surface area contributed by atoms with E-state index in [9.17, 15) is 4.39 Å². The van der Waals surface area contributed by atoms with E-state index in [2.05, 4.69) is 10.3 Å². The van der Waals surface area contributed by atoms with E-state index < -0.39 is 11.5 Å². The van der Waals surface area contributed by atoms with Crippen molar-refractivity contribution in [2.24, 2.45) is 10.7 Å². The lowest BCUT2D eigenvalue weighted by molar-refractivity contribution is 0.244. The number of nitrogens with zero attached hydrogens (tertiary/aromatic N) is 1. The first-order valence-corrected chi connectivity index (χ1v) is 7.84. The van der Waals surface area contributed by atoms with E-state index in [0.717, 1.165) is 5.69 Å². The highest BCUT2D eigenvalue weighted by Crippen LogP contribution is 2.41. The minimum absolute atomic E-state index is 0.0128. The summed E-state index contributed by atoms with van der Waals surface area (Å²) in [7, 11) is 0. The standard InChI is InChI=1S/C17H18ClFN4O/c1-9(2)24-16-7-15-11(6-14(16)20)17(21,23-8-22-15)10-3-4-13(19)12(18)5-10/h3-9H,20-21H2,1-2H3,(H,22,23). The lowest BCUT2D eigenvalue weighted by Gasteiger charge is -2.32. The van der Waals surface area contributed by atoms with Gasteiger partial charge in [-0.1, -0.05) is 17.7 Å². The van der Waals surface area contributed by atoms with Crippen molar-refractivity contribution in [1.82, 2.24) is 0 Å². The van der Waals surface area contributed by atoms with E-state index in [1.165, 1.54) is 18.5 Å². The van der Waals surface area contributed by atoms with Gasteiger partial charge in [0, 0.05) is 17.2 Å². The second-order valence-corrected chi connectivity index (χ2v) is 6.31. The maximum absolute atomic E-state index is 13.5. The van der Waals surface area contributed by atoms with Gasteiger partial charge in [0.1, 0.15) is 11.6 Å². The van der Waals surface area contributed by atoms with Crippen LogP contribution in [0, 0.1) is 5.82 Å². The molecule has 1 aliphatic rings. The van der Waals surface area contributed by atoms with Gasteiger partial charge < -0.3 is 15.8 Å². The molecule has 2 aromatic carbocycles. The van der Waals surface area contributed by atoms with Crippen LogP contribution in [0.25, 0.3) is 0 Å². The number of halogens is 2. The average molecular weight is 349 g/mol. The molecule has 7 heteroatoms. The molecule has 0 amide bonds. The topological polar surface area (TPSA) is 85.7 Å². The monoisotopic (exact) mass is 348 g/mol. The molecule has 1 unspecified atom stereocenters. The molecule has 0 saturated heterocycles. The first-order chi connectivity index (χ1) is 11.3. The van der Waals surface area contributed by atoms with Crippen LogP contribution in [0.15, 0.2) is 35.3 Å². The number of nitrogens with two attached hydrogens (primary N) is 2. The zero-order chi connectivity index (χ0) is 17.5. The van der Waals surface area contributed by atoms with Gasteiger partial charge in [0.15, 0.2) is 5.66 Å². The zero-order valence-corrected chi connectivity index (χ0v) is 14.1. The Morgan fingerprint density at radius 2 is 2.04 bits per heavy atom. The Bertz CT molecular complexity index is 824. The third kappa shape index (κ3) is 2.79. The fourth-order valence-electron chi connectivity index (χ4n) is 2.62. The molecule has 24 heavy (non-hydrogen) atoms. The Labute approximate surface area is 144 Å². The quantitative estimate of drug-likeness (QED) is 0.741. The van der Waals surface area contributed by atoms with Crippen molar-refractivity contribution in [2.75, 3.05) is 11.1 Å². The molecule has 0 bridgehead atoms. The van der Waals surface area contributed by atoms with Crippen LogP contribution in [0.2, 0.25) is 5.02 Å².